The van der Waals surface area contributed by atoms with Crippen LogP contribution in [0.3, 0.4) is 0 Å². The molecule has 1 saturated heterocycles. The normalized spacial score (nSPS) is 16.1. The van der Waals surface area contributed by atoms with Crippen LogP contribution in [0, 0.1) is 0 Å². The van der Waals surface area contributed by atoms with Gasteiger partial charge in [0.25, 0.3) is 5.91 Å². The summed E-state index contributed by atoms with van der Waals surface area (Å²) in [4.78, 5) is 32.3. The molecule has 1 aliphatic heterocycles. The van der Waals surface area contributed by atoms with Crippen molar-refractivity contribution in [3.05, 3.63) is 23.8 Å². The highest BCUT2D eigenvalue weighted by atomic mass is 16.4. The van der Waals surface area contributed by atoms with Crippen molar-refractivity contribution in [2.75, 3.05) is 13.1 Å². The second kappa shape index (κ2) is 5.57. The second-order valence-corrected chi connectivity index (χ2v) is 4.28. The van der Waals surface area contributed by atoms with Crippen LogP contribution in [0.4, 0.5) is 0 Å². The Morgan fingerprint density at radius 2 is 1.83 bits per heavy atom. The number of nitrogens with zero attached hydrogens (tertiary/aromatic N) is 3. The molecule has 0 atom stereocenters. The molecule has 0 saturated carbocycles. The minimum absolute atomic E-state index is 0.0307. The van der Waals surface area contributed by atoms with Crippen molar-refractivity contribution in [3.8, 4) is 0 Å². The highest BCUT2D eigenvalue weighted by molar-refractivity contribution is 5.92. The van der Waals surface area contributed by atoms with Crippen LogP contribution in [0.25, 0.3) is 0 Å². The fourth-order valence-corrected chi connectivity index (χ4v) is 2.00. The average Bonchev–Trinajstić information content (AvgIpc) is 2.67. The summed E-state index contributed by atoms with van der Waals surface area (Å²) in [6.45, 7) is 1.39. The first kappa shape index (κ1) is 12.5. The van der Waals surface area contributed by atoms with Gasteiger partial charge in [0.2, 0.25) is 5.82 Å². The summed E-state index contributed by atoms with van der Waals surface area (Å²) in [5, 5.41) is 8.83. The van der Waals surface area contributed by atoms with Crippen LogP contribution in [0.15, 0.2) is 12.3 Å². The first-order chi connectivity index (χ1) is 8.68. The third-order valence-electron chi connectivity index (χ3n) is 2.96. The summed E-state index contributed by atoms with van der Waals surface area (Å²) in [5.74, 6) is -1.46. The summed E-state index contributed by atoms with van der Waals surface area (Å²) < 4.78 is 0. The molecule has 1 fully saturated rings. The van der Waals surface area contributed by atoms with Gasteiger partial charge < -0.3 is 10.0 Å². The molecule has 2 heterocycles. The highest BCUT2D eigenvalue weighted by Crippen LogP contribution is 2.11. The lowest BCUT2D eigenvalue weighted by atomic mass is 10.2. The van der Waals surface area contributed by atoms with Gasteiger partial charge in [-0.25, -0.2) is 14.8 Å². The molecule has 2 rings (SSSR count). The molecular formula is C12H15N3O3. The predicted octanol–water partition coefficient (Wildman–Crippen LogP) is 1.19. The lowest BCUT2D eigenvalue weighted by Gasteiger charge is -2.18. The van der Waals surface area contributed by atoms with Crippen LogP contribution in [-0.4, -0.2) is 44.9 Å². The number of carbonyl (C=O) groups excluding carboxylic acids is 1. The van der Waals surface area contributed by atoms with Gasteiger partial charge in [0.05, 0.1) is 0 Å². The Morgan fingerprint density at radius 3 is 2.44 bits per heavy atom. The molecule has 1 aliphatic rings. The standard InChI is InChI=1S/C12H15N3O3/c16-11(15-7-3-1-2-4-8-15)10-13-6-5-9(14-10)12(17)18/h5-6H,1-4,7-8H2,(H,17,18). The van der Waals surface area contributed by atoms with Crippen molar-refractivity contribution in [1.82, 2.24) is 14.9 Å². The van der Waals surface area contributed by atoms with E-state index in [4.69, 9.17) is 5.11 Å². The average molecular weight is 249 g/mol. The lowest BCUT2D eigenvalue weighted by Crippen LogP contribution is -2.33. The third kappa shape index (κ3) is 2.82. The molecule has 0 aliphatic carbocycles. The van der Waals surface area contributed by atoms with Gasteiger partial charge in [0.1, 0.15) is 0 Å². The van der Waals surface area contributed by atoms with Crippen molar-refractivity contribution >= 4 is 11.9 Å². The van der Waals surface area contributed by atoms with E-state index in [9.17, 15) is 9.59 Å². The molecule has 6 nitrogen and oxygen atoms in total. The summed E-state index contributed by atoms with van der Waals surface area (Å²) in [6, 6.07) is 1.28. The van der Waals surface area contributed by atoms with Crippen molar-refractivity contribution in [1.29, 1.82) is 0 Å². The molecule has 1 N–H and O–H groups in total. The van der Waals surface area contributed by atoms with Gasteiger partial charge in [-0.05, 0) is 18.9 Å². The van der Waals surface area contributed by atoms with Crippen LogP contribution in [0.5, 0.6) is 0 Å². The molecular weight excluding hydrogens is 234 g/mol. The molecule has 0 spiro atoms. The number of rotatable bonds is 2. The van der Waals surface area contributed by atoms with Crippen molar-refractivity contribution in [2.45, 2.75) is 25.7 Å². The number of carboxylic acid groups (broad SMARTS) is 1. The molecule has 1 aromatic heterocycles. The summed E-state index contributed by atoms with van der Waals surface area (Å²) in [5.41, 5.74) is -0.150. The minimum Gasteiger partial charge on any atom is -0.477 e. The second-order valence-electron chi connectivity index (χ2n) is 4.28. The molecule has 0 radical (unpaired) electrons. The van der Waals surface area contributed by atoms with Crippen LogP contribution in [-0.2, 0) is 0 Å². The lowest BCUT2D eigenvalue weighted by molar-refractivity contribution is 0.0689. The van der Waals surface area contributed by atoms with Gasteiger partial charge in [-0.2, -0.15) is 0 Å². The van der Waals surface area contributed by atoms with E-state index in [0.717, 1.165) is 25.7 Å². The zero-order valence-electron chi connectivity index (χ0n) is 10.0. The van der Waals surface area contributed by atoms with E-state index in [2.05, 4.69) is 9.97 Å². The summed E-state index contributed by atoms with van der Waals surface area (Å²) >= 11 is 0. The number of aromatic carboxylic acids is 1. The van der Waals surface area contributed by atoms with Crippen LogP contribution >= 0.6 is 0 Å². The molecule has 0 unspecified atom stereocenters. The Labute approximate surface area is 105 Å². The molecule has 96 valence electrons. The number of hydrogen-bond acceptors (Lipinski definition) is 4. The molecule has 6 heteroatoms. The van der Waals surface area contributed by atoms with E-state index in [1.807, 2.05) is 0 Å². The van der Waals surface area contributed by atoms with Crippen LogP contribution < -0.4 is 0 Å². The molecule has 1 amide bonds. The Morgan fingerprint density at radius 1 is 1.17 bits per heavy atom. The molecule has 18 heavy (non-hydrogen) atoms. The Kier molecular flexibility index (Phi) is 3.86. The fourth-order valence-electron chi connectivity index (χ4n) is 2.00. The summed E-state index contributed by atoms with van der Waals surface area (Å²) in [6.07, 6.45) is 5.51. The van der Waals surface area contributed by atoms with E-state index in [0.29, 0.717) is 13.1 Å². The van der Waals surface area contributed by atoms with E-state index in [-0.39, 0.29) is 17.4 Å². The largest absolute Gasteiger partial charge is 0.477 e. The maximum atomic E-state index is 12.1. The SMILES string of the molecule is O=C(O)c1ccnc(C(=O)N2CCCCCC2)n1. The number of hydrogen-bond donors (Lipinski definition) is 1. The predicted molar refractivity (Wildman–Crippen MR) is 63.4 cm³/mol. The molecule has 0 bridgehead atoms. The molecule has 1 aromatic rings. The Bertz CT molecular complexity index is 454. The van der Waals surface area contributed by atoms with Crippen molar-refractivity contribution in [2.24, 2.45) is 0 Å². The van der Waals surface area contributed by atoms with Gasteiger partial charge in [0.15, 0.2) is 5.69 Å². The highest BCUT2D eigenvalue weighted by Gasteiger charge is 2.20. The maximum absolute atomic E-state index is 12.1. The van der Waals surface area contributed by atoms with Gasteiger partial charge in [0, 0.05) is 19.3 Å². The maximum Gasteiger partial charge on any atom is 0.354 e. The summed E-state index contributed by atoms with van der Waals surface area (Å²) in [7, 11) is 0. The number of aromatic nitrogens is 2. The van der Waals surface area contributed by atoms with Crippen molar-refractivity contribution < 1.29 is 14.7 Å². The van der Waals surface area contributed by atoms with Crippen molar-refractivity contribution in [3.63, 3.8) is 0 Å². The monoisotopic (exact) mass is 249 g/mol. The Hall–Kier alpha value is -1.98. The first-order valence-corrected chi connectivity index (χ1v) is 6.04. The smallest absolute Gasteiger partial charge is 0.354 e. The number of carbonyl (C=O) groups is 2. The Balaban J connectivity index is 2.16. The van der Waals surface area contributed by atoms with Gasteiger partial charge in [-0.3, -0.25) is 4.79 Å². The third-order valence-corrected chi connectivity index (χ3v) is 2.96. The van der Waals surface area contributed by atoms with E-state index in [1.165, 1.54) is 12.3 Å². The van der Waals surface area contributed by atoms with Gasteiger partial charge in [-0.1, -0.05) is 12.8 Å². The van der Waals surface area contributed by atoms with E-state index in [1.54, 1.807) is 4.90 Å². The number of likely N-dealkylation sites (tertiary alicyclic amines) is 1. The fraction of sp³-hybridized carbons (Fsp3) is 0.500. The minimum atomic E-state index is -1.15. The quantitative estimate of drug-likeness (QED) is 0.851. The van der Waals surface area contributed by atoms with Gasteiger partial charge >= 0.3 is 5.97 Å². The zero-order valence-corrected chi connectivity index (χ0v) is 10.0. The number of carboxylic acids is 1. The topological polar surface area (TPSA) is 83.4 Å². The first-order valence-electron chi connectivity index (χ1n) is 6.04. The van der Waals surface area contributed by atoms with Crippen LogP contribution in [0.1, 0.15) is 46.8 Å². The van der Waals surface area contributed by atoms with E-state index >= 15 is 0 Å². The molecule has 0 aromatic carbocycles. The van der Waals surface area contributed by atoms with E-state index < -0.39 is 5.97 Å². The number of amides is 1. The van der Waals surface area contributed by atoms with Gasteiger partial charge in [-0.15, -0.1) is 0 Å². The zero-order chi connectivity index (χ0) is 13.0. The van der Waals surface area contributed by atoms with Crippen LogP contribution in [0.2, 0.25) is 0 Å².